The summed E-state index contributed by atoms with van der Waals surface area (Å²) < 4.78 is 19.7. The van der Waals surface area contributed by atoms with Crippen LogP contribution in [0, 0.1) is 5.82 Å². The van der Waals surface area contributed by atoms with Gasteiger partial charge in [0.05, 0.1) is 11.8 Å². The van der Waals surface area contributed by atoms with Gasteiger partial charge >= 0.3 is 0 Å². The molecule has 0 spiro atoms. The summed E-state index contributed by atoms with van der Waals surface area (Å²) in [7, 11) is 0. The molecule has 0 aliphatic carbocycles. The van der Waals surface area contributed by atoms with Crippen molar-refractivity contribution >= 4 is 17.2 Å². The highest BCUT2D eigenvalue weighted by molar-refractivity contribution is 5.83. The number of fused-ring (bicyclic) bond motifs is 1. The molecule has 0 atom stereocenters. The lowest BCUT2D eigenvalue weighted by Gasteiger charge is -2.12. The average molecular weight is 357 g/mol. The Morgan fingerprint density at radius 3 is 2.59 bits per heavy atom. The number of rotatable bonds is 5. The number of hydrogen-bond donors (Lipinski definition) is 0. The van der Waals surface area contributed by atoms with Crippen molar-refractivity contribution in [3.8, 4) is 11.5 Å². The molecule has 0 radical (unpaired) electrons. The average Bonchev–Trinajstić information content (AvgIpc) is 2.69. The third-order valence-electron chi connectivity index (χ3n) is 4.38. The van der Waals surface area contributed by atoms with Crippen LogP contribution < -0.4 is 4.74 Å². The summed E-state index contributed by atoms with van der Waals surface area (Å²) in [6.45, 7) is 0. The molecule has 1 heterocycles. The molecular weight excluding hydrogens is 341 g/mol. The highest BCUT2D eigenvalue weighted by atomic mass is 19.1. The van der Waals surface area contributed by atoms with Crippen LogP contribution in [-0.4, -0.2) is 11.3 Å². The lowest BCUT2D eigenvalue weighted by Crippen LogP contribution is -1.98. The molecule has 4 aromatic rings. The molecule has 3 nitrogen and oxygen atoms in total. The van der Waals surface area contributed by atoms with Crippen LogP contribution in [0.25, 0.3) is 10.9 Å². The Kier molecular flexibility index (Phi) is 4.62. The van der Waals surface area contributed by atoms with Crippen molar-refractivity contribution in [3.63, 3.8) is 0 Å². The molecule has 0 aliphatic heterocycles. The summed E-state index contributed by atoms with van der Waals surface area (Å²) in [4.78, 5) is 15.9. The predicted molar refractivity (Wildman–Crippen MR) is 103 cm³/mol. The molecule has 0 saturated carbocycles. The quantitative estimate of drug-likeness (QED) is 0.438. The number of benzene rings is 3. The van der Waals surface area contributed by atoms with E-state index < -0.39 is 0 Å². The monoisotopic (exact) mass is 357 g/mol. The van der Waals surface area contributed by atoms with Gasteiger partial charge in [-0.3, -0.25) is 4.79 Å². The Labute approximate surface area is 156 Å². The van der Waals surface area contributed by atoms with Crippen LogP contribution in [0.15, 0.2) is 79.0 Å². The Morgan fingerprint density at radius 1 is 0.963 bits per heavy atom. The number of halogens is 1. The Balaban J connectivity index is 1.68. The second-order valence-electron chi connectivity index (χ2n) is 6.19. The van der Waals surface area contributed by atoms with Gasteiger partial charge in [0, 0.05) is 5.39 Å². The molecule has 0 aliphatic rings. The fourth-order valence-electron chi connectivity index (χ4n) is 3.07. The largest absolute Gasteiger partial charge is 0.455 e. The number of carbonyl (C=O) groups excluding carboxylic acids is 1. The first-order valence-corrected chi connectivity index (χ1v) is 8.58. The van der Waals surface area contributed by atoms with Crippen LogP contribution >= 0.6 is 0 Å². The summed E-state index contributed by atoms with van der Waals surface area (Å²) in [5.41, 5.74) is 2.79. The molecule has 0 saturated heterocycles. The lowest BCUT2D eigenvalue weighted by molar-refractivity contribution is 0.112. The second kappa shape index (κ2) is 7.38. The number of para-hydroxylation sites is 1. The first-order valence-electron chi connectivity index (χ1n) is 8.58. The minimum atomic E-state index is -0.377. The number of carbonyl (C=O) groups is 1. The lowest BCUT2D eigenvalue weighted by atomic mass is 10.00. The highest BCUT2D eigenvalue weighted by Gasteiger charge is 2.11. The Morgan fingerprint density at radius 2 is 1.78 bits per heavy atom. The zero-order valence-electron chi connectivity index (χ0n) is 14.4. The third kappa shape index (κ3) is 3.55. The molecule has 3 aromatic carbocycles. The van der Waals surface area contributed by atoms with E-state index in [0.29, 0.717) is 34.4 Å². The van der Waals surface area contributed by atoms with E-state index in [4.69, 9.17) is 4.74 Å². The fraction of sp³-hybridized carbons (Fsp3) is 0.0435. The highest BCUT2D eigenvalue weighted by Crippen LogP contribution is 2.29. The van der Waals surface area contributed by atoms with Crippen molar-refractivity contribution in [2.75, 3.05) is 0 Å². The maximum atomic E-state index is 13.8. The van der Waals surface area contributed by atoms with Crippen LogP contribution in [0.1, 0.15) is 21.5 Å². The van der Waals surface area contributed by atoms with Crippen LogP contribution in [0.3, 0.4) is 0 Å². The van der Waals surface area contributed by atoms with Gasteiger partial charge in [-0.2, -0.15) is 0 Å². The zero-order chi connectivity index (χ0) is 18.6. The summed E-state index contributed by atoms with van der Waals surface area (Å²) in [6.07, 6.45) is 2.90. The molecule has 4 rings (SSSR count). The van der Waals surface area contributed by atoms with Gasteiger partial charge in [0.1, 0.15) is 22.8 Å². The minimum absolute atomic E-state index is 0.290. The van der Waals surface area contributed by atoms with Gasteiger partial charge < -0.3 is 4.74 Å². The van der Waals surface area contributed by atoms with E-state index in [0.717, 1.165) is 17.4 Å². The van der Waals surface area contributed by atoms with Crippen molar-refractivity contribution < 1.29 is 13.9 Å². The molecule has 4 heteroatoms. The van der Waals surface area contributed by atoms with E-state index in [2.05, 4.69) is 4.98 Å². The van der Waals surface area contributed by atoms with Crippen LogP contribution in [0.4, 0.5) is 4.39 Å². The van der Waals surface area contributed by atoms with Crippen molar-refractivity contribution in [3.05, 3.63) is 102 Å². The maximum absolute atomic E-state index is 13.8. The van der Waals surface area contributed by atoms with Gasteiger partial charge in [0.25, 0.3) is 0 Å². The van der Waals surface area contributed by atoms with Crippen LogP contribution in [0.5, 0.6) is 11.5 Å². The van der Waals surface area contributed by atoms with E-state index in [9.17, 15) is 9.18 Å². The summed E-state index contributed by atoms with van der Waals surface area (Å²) in [5.74, 6) is 0.529. The Hall–Kier alpha value is -3.53. The number of ether oxygens (including phenoxy) is 1. The van der Waals surface area contributed by atoms with Gasteiger partial charge in [-0.05, 0) is 35.7 Å². The van der Waals surface area contributed by atoms with Gasteiger partial charge in [0.15, 0.2) is 6.29 Å². The topological polar surface area (TPSA) is 39.2 Å². The molecular formula is C23H16FNO2. The summed E-state index contributed by atoms with van der Waals surface area (Å²) >= 11 is 0. The van der Waals surface area contributed by atoms with E-state index in [1.54, 1.807) is 24.3 Å². The van der Waals surface area contributed by atoms with E-state index in [-0.39, 0.29) is 5.82 Å². The van der Waals surface area contributed by atoms with Crippen molar-refractivity contribution in [1.29, 1.82) is 0 Å². The maximum Gasteiger partial charge on any atom is 0.154 e. The number of pyridine rings is 1. The van der Waals surface area contributed by atoms with Crippen molar-refractivity contribution in [2.45, 2.75) is 6.42 Å². The van der Waals surface area contributed by atoms with Crippen LogP contribution in [-0.2, 0) is 6.42 Å². The third-order valence-corrected chi connectivity index (χ3v) is 4.38. The molecule has 0 unspecified atom stereocenters. The number of aromatic nitrogens is 1. The van der Waals surface area contributed by atoms with E-state index in [1.807, 2.05) is 42.5 Å². The minimum Gasteiger partial charge on any atom is -0.455 e. The predicted octanol–water partition coefficient (Wildman–Crippen LogP) is 5.57. The van der Waals surface area contributed by atoms with Gasteiger partial charge in [-0.25, -0.2) is 9.37 Å². The van der Waals surface area contributed by atoms with E-state index >= 15 is 0 Å². The molecule has 0 N–H and O–H groups in total. The first-order chi connectivity index (χ1) is 13.2. The standard InChI is InChI=1S/C23H16FNO2/c24-21-10-4-9-18-13-19(14-25-23(18)21)27-22-11-5-8-17(20(22)15-26)12-16-6-2-1-3-7-16/h1-11,13-15H,12H2. The Bertz CT molecular complexity index is 1110. The molecule has 0 fully saturated rings. The molecule has 132 valence electrons. The molecule has 27 heavy (non-hydrogen) atoms. The smallest absolute Gasteiger partial charge is 0.154 e. The molecule has 0 bridgehead atoms. The molecule has 1 aromatic heterocycles. The van der Waals surface area contributed by atoms with Gasteiger partial charge in [-0.1, -0.05) is 54.6 Å². The first kappa shape index (κ1) is 16.9. The second-order valence-corrected chi connectivity index (χ2v) is 6.19. The molecule has 0 amide bonds. The van der Waals surface area contributed by atoms with E-state index in [1.165, 1.54) is 12.3 Å². The number of aldehydes is 1. The zero-order valence-corrected chi connectivity index (χ0v) is 14.4. The SMILES string of the molecule is O=Cc1c(Cc2ccccc2)cccc1Oc1cnc2c(F)cccc2c1. The summed E-state index contributed by atoms with van der Waals surface area (Å²) in [5, 5.41) is 0.639. The fourth-order valence-corrected chi connectivity index (χ4v) is 3.07. The van der Waals surface area contributed by atoms with Crippen LogP contribution in [0.2, 0.25) is 0 Å². The number of hydrogen-bond acceptors (Lipinski definition) is 3. The normalized spacial score (nSPS) is 10.7. The van der Waals surface area contributed by atoms with Crippen molar-refractivity contribution in [2.24, 2.45) is 0 Å². The number of nitrogens with zero attached hydrogens (tertiary/aromatic N) is 1. The van der Waals surface area contributed by atoms with Gasteiger partial charge in [-0.15, -0.1) is 0 Å². The van der Waals surface area contributed by atoms with Crippen molar-refractivity contribution in [1.82, 2.24) is 4.98 Å². The summed E-state index contributed by atoms with van der Waals surface area (Å²) in [6, 6.07) is 21.9. The van der Waals surface area contributed by atoms with Gasteiger partial charge in [0.2, 0.25) is 0 Å².